The number of allylic oxidation sites excluding steroid dienone is 1. The lowest BCUT2D eigenvalue weighted by Gasteiger charge is -2.21. The number of rotatable bonds is 1. The van der Waals surface area contributed by atoms with E-state index in [2.05, 4.69) is 49.1 Å². The largest absolute Gasteiger partial charge is 0.335 e. The van der Waals surface area contributed by atoms with Gasteiger partial charge in [0.25, 0.3) is 0 Å². The highest BCUT2D eigenvalue weighted by atomic mass is 32.2. The first kappa shape index (κ1) is 13.6. The molecule has 0 amide bonds. The number of nitrogens with zero attached hydrogens (tertiary/aromatic N) is 1. The Morgan fingerprint density at radius 1 is 1.09 bits per heavy atom. The molecule has 1 heterocycles. The molecule has 1 atom stereocenters. The van der Waals surface area contributed by atoms with Crippen molar-refractivity contribution in [2.45, 2.75) is 24.7 Å². The predicted octanol–water partition coefficient (Wildman–Crippen LogP) is 4.83. The van der Waals surface area contributed by atoms with E-state index in [0.29, 0.717) is 0 Å². The molecule has 3 heteroatoms. The van der Waals surface area contributed by atoms with Gasteiger partial charge in [-0.25, -0.2) is 0 Å². The number of carbonyl (C=O) groups excluding carboxylic acids is 1. The number of fused-ring (bicyclic) bond motifs is 2. The standard InChI is InChI=1S/C19H17NOS/c1-3-20-15-10-6-7-11-16(15)22-19(20)17-12(2)13-8-4-5-9-14(13)18(17)21/h4-12H,3H2,1-2H3. The summed E-state index contributed by atoms with van der Waals surface area (Å²) in [6.07, 6.45) is 0. The molecule has 2 aliphatic rings. The summed E-state index contributed by atoms with van der Waals surface area (Å²) >= 11 is 1.73. The molecule has 0 N–H and O–H groups in total. The lowest BCUT2D eigenvalue weighted by molar-refractivity contribution is 0.103. The highest BCUT2D eigenvalue weighted by molar-refractivity contribution is 8.03. The summed E-state index contributed by atoms with van der Waals surface area (Å²) in [4.78, 5) is 16.4. The fourth-order valence-electron chi connectivity index (χ4n) is 3.41. The zero-order valence-corrected chi connectivity index (χ0v) is 13.5. The summed E-state index contributed by atoms with van der Waals surface area (Å²) in [5, 5.41) is 1.11. The van der Waals surface area contributed by atoms with E-state index in [1.54, 1.807) is 11.8 Å². The number of para-hydroxylation sites is 1. The van der Waals surface area contributed by atoms with Gasteiger partial charge in [0.1, 0.15) is 0 Å². The summed E-state index contributed by atoms with van der Waals surface area (Å²) in [5.41, 5.74) is 4.19. The van der Waals surface area contributed by atoms with Gasteiger partial charge < -0.3 is 4.90 Å². The molecule has 0 aromatic heterocycles. The zero-order valence-electron chi connectivity index (χ0n) is 12.7. The Labute approximate surface area is 134 Å². The summed E-state index contributed by atoms with van der Waals surface area (Å²) in [5.74, 6) is 0.353. The Hall–Kier alpha value is -2.00. The van der Waals surface area contributed by atoms with Gasteiger partial charge in [-0.15, -0.1) is 0 Å². The van der Waals surface area contributed by atoms with Crippen molar-refractivity contribution in [3.63, 3.8) is 0 Å². The Morgan fingerprint density at radius 2 is 1.82 bits per heavy atom. The fraction of sp³-hybridized carbons (Fsp3) is 0.211. The van der Waals surface area contributed by atoms with Gasteiger partial charge in [-0.05, 0) is 24.6 Å². The van der Waals surface area contributed by atoms with E-state index in [4.69, 9.17) is 0 Å². The predicted molar refractivity (Wildman–Crippen MR) is 91.5 cm³/mol. The molecule has 0 spiro atoms. The lowest BCUT2D eigenvalue weighted by Crippen LogP contribution is -2.20. The first-order valence-corrected chi connectivity index (χ1v) is 8.46. The van der Waals surface area contributed by atoms with Crippen molar-refractivity contribution in [2.75, 3.05) is 11.4 Å². The number of thioether (sulfide) groups is 1. The molecule has 2 nitrogen and oxygen atoms in total. The Morgan fingerprint density at radius 3 is 2.59 bits per heavy atom. The molecule has 1 aliphatic carbocycles. The topological polar surface area (TPSA) is 20.3 Å². The SMILES string of the molecule is CCN1C(=C2C(=O)c3ccccc3C2C)Sc2ccccc21. The molecular formula is C19H17NOS. The van der Waals surface area contributed by atoms with Crippen molar-refractivity contribution in [3.05, 3.63) is 70.3 Å². The minimum atomic E-state index is 0.162. The van der Waals surface area contributed by atoms with Gasteiger partial charge >= 0.3 is 0 Å². The summed E-state index contributed by atoms with van der Waals surface area (Å²) in [6.45, 7) is 5.16. The van der Waals surface area contributed by atoms with Gasteiger partial charge in [-0.3, -0.25) is 4.79 Å². The third kappa shape index (κ3) is 1.78. The second-order valence-electron chi connectivity index (χ2n) is 5.67. The van der Waals surface area contributed by atoms with Crippen LogP contribution < -0.4 is 4.90 Å². The van der Waals surface area contributed by atoms with E-state index in [9.17, 15) is 4.79 Å². The second kappa shape index (κ2) is 5.03. The van der Waals surface area contributed by atoms with Crippen LogP contribution in [-0.4, -0.2) is 12.3 Å². The van der Waals surface area contributed by atoms with Crippen LogP contribution in [0.3, 0.4) is 0 Å². The average Bonchev–Trinajstić information content (AvgIpc) is 3.03. The highest BCUT2D eigenvalue weighted by Crippen LogP contribution is 2.51. The van der Waals surface area contributed by atoms with Crippen LogP contribution in [0.1, 0.15) is 35.7 Å². The van der Waals surface area contributed by atoms with Crippen LogP contribution in [0, 0.1) is 0 Å². The Kier molecular flexibility index (Phi) is 3.12. The maximum atomic E-state index is 12.9. The molecule has 0 radical (unpaired) electrons. The van der Waals surface area contributed by atoms with Crippen molar-refractivity contribution < 1.29 is 4.79 Å². The molecule has 0 bridgehead atoms. The molecule has 0 fully saturated rings. The van der Waals surface area contributed by atoms with E-state index < -0.39 is 0 Å². The van der Waals surface area contributed by atoms with Crippen molar-refractivity contribution in [3.8, 4) is 0 Å². The maximum Gasteiger partial charge on any atom is 0.192 e. The van der Waals surface area contributed by atoms with E-state index in [1.807, 2.05) is 18.2 Å². The average molecular weight is 307 g/mol. The second-order valence-corrected chi connectivity index (χ2v) is 6.70. The third-order valence-corrected chi connectivity index (χ3v) is 5.70. The quantitative estimate of drug-likeness (QED) is 0.704. The van der Waals surface area contributed by atoms with Crippen LogP contribution >= 0.6 is 11.8 Å². The number of benzene rings is 2. The van der Waals surface area contributed by atoms with Gasteiger partial charge in [0.15, 0.2) is 5.78 Å². The number of ketones is 1. The zero-order chi connectivity index (χ0) is 15.3. The minimum absolute atomic E-state index is 0.162. The van der Waals surface area contributed by atoms with Crippen LogP contribution in [0.4, 0.5) is 5.69 Å². The van der Waals surface area contributed by atoms with Crippen LogP contribution in [0.25, 0.3) is 0 Å². The lowest BCUT2D eigenvalue weighted by atomic mass is 10.0. The third-order valence-electron chi connectivity index (χ3n) is 4.50. The number of Topliss-reactive ketones (excluding diaryl/α,β-unsaturated/α-hetero) is 1. The molecule has 22 heavy (non-hydrogen) atoms. The number of anilines is 1. The number of hydrogen-bond acceptors (Lipinski definition) is 3. The van der Waals surface area contributed by atoms with Crippen LogP contribution in [0.5, 0.6) is 0 Å². The van der Waals surface area contributed by atoms with Gasteiger partial charge in [0, 0.05) is 28.5 Å². The summed E-state index contributed by atoms with van der Waals surface area (Å²) < 4.78 is 0. The van der Waals surface area contributed by atoms with Crippen LogP contribution in [0.2, 0.25) is 0 Å². The van der Waals surface area contributed by atoms with Crippen LogP contribution in [-0.2, 0) is 0 Å². The number of carbonyl (C=O) groups is 1. The molecule has 2 aromatic carbocycles. The maximum absolute atomic E-state index is 12.9. The van der Waals surface area contributed by atoms with E-state index >= 15 is 0 Å². The van der Waals surface area contributed by atoms with E-state index in [0.717, 1.165) is 28.3 Å². The molecule has 110 valence electrons. The highest BCUT2D eigenvalue weighted by Gasteiger charge is 2.38. The molecule has 1 aliphatic heterocycles. The smallest absolute Gasteiger partial charge is 0.192 e. The first-order valence-electron chi connectivity index (χ1n) is 7.64. The fourth-order valence-corrected chi connectivity index (χ4v) is 4.77. The molecule has 2 aromatic rings. The van der Waals surface area contributed by atoms with Gasteiger partial charge in [-0.2, -0.15) is 0 Å². The van der Waals surface area contributed by atoms with E-state index in [-0.39, 0.29) is 11.7 Å². The van der Waals surface area contributed by atoms with Gasteiger partial charge in [-0.1, -0.05) is 55.1 Å². The monoisotopic (exact) mass is 307 g/mol. The van der Waals surface area contributed by atoms with Crippen molar-refractivity contribution in [1.82, 2.24) is 0 Å². The Balaban J connectivity index is 1.89. The Bertz CT molecular complexity index is 809. The van der Waals surface area contributed by atoms with Crippen molar-refractivity contribution in [1.29, 1.82) is 0 Å². The molecular weight excluding hydrogens is 290 g/mol. The summed E-state index contributed by atoms with van der Waals surface area (Å²) in [6, 6.07) is 16.4. The number of hydrogen-bond donors (Lipinski definition) is 0. The molecule has 4 rings (SSSR count). The summed E-state index contributed by atoms with van der Waals surface area (Å²) in [7, 11) is 0. The van der Waals surface area contributed by atoms with Gasteiger partial charge in [0.05, 0.1) is 10.7 Å². The molecule has 1 unspecified atom stereocenters. The van der Waals surface area contributed by atoms with Crippen LogP contribution in [0.15, 0.2) is 64.0 Å². The normalized spacial score (nSPS) is 22.9. The van der Waals surface area contributed by atoms with Gasteiger partial charge in [0.2, 0.25) is 0 Å². The van der Waals surface area contributed by atoms with Crippen molar-refractivity contribution in [2.24, 2.45) is 0 Å². The molecule has 0 saturated heterocycles. The first-order chi connectivity index (χ1) is 10.7. The van der Waals surface area contributed by atoms with Crippen molar-refractivity contribution >= 4 is 23.2 Å². The van der Waals surface area contributed by atoms with E-state index in [1.165, 1.54) is 10.6 Å². The minimum Gasteiger partial charge on any atom is -0.335 e. The molecule has 0 saturated carbocycles.